The zero-order valence-corrected chi connectivity index (χ0v) is 14.0. The normalized spacial score (nSPS) is 18.6. The molecule has 1 aliphatic rings. The number of carbonyl (C=O) groups excluding carboxylic acids is 2. The maximum absolute atomic E-state index is 12.6. The van der Waals surface area contributed by atoms with E-state index in [9.17, 15) is 9.59 Å². The molecule has 0 aromatic heterocycles. The molecule has 0 spiro atoms. The average molecular weight is 274 g/mol. The lowest BCUT2D eigenvalue weighted by Crippen LogP contribution is -2.29. The van der Waals surface area contributed by atoms with Gasteiger partial charge in [-0.3, -0.25) is 9.59 Å². The van der Waals surface area contributed by atoms with E-state index in [0.29, 0.717) is 28.2 Å². The van der Waals surface area contributed by atoms with Gasteiger partial charge in [0.05, 0.1) is 0 Å². The summed E-state index contributed by atoms with van der Waals surface area (Å²) in [4.78, 5) is 24.9. The Bertz CT molecular complexity index is 552. The van der Waals surface area contributed by atoms with Crippen LogP contribution >= 0.6 is 0 Å². The van der Waals surface area contributed by atoms with Gasteiger partial charge in [0, 0.05) is 27.7 Å². The molecule has 0 saturated heterocycles. The van der Waals surface area contributed by atoms with Gasteiger partial charge in [-0.25, -0.2) is 0 Å². The van der Waals surface area contributed by atoms with Crippen molar-refractivity contribution in [2.75, 3.05) is 0 Å². The molecule has 0 aliphatic heterocycles. The number of rotatable bonds is 3. The zero-order chi connectivity index (χ0) is 15.8. The smallest absolute Gasteiger partial charge is 0.186 e. The van der Waals surface area contributed by atoms with E-state index in [-0.39, 0.29) is 11.6 Å². The highest BCUT2D eigenvalue weighted by atomic mass is 16.1. The van der Waals surface area contributed by atoms with Gasteiger partial charge in [-0.1, -0.05) is 39.3 Å². The Kier molecular flexibility index (Phi) is 4.58. The van der Waals surface area contributed by atoms with Crippen LogP contribution < -0.4 is 0 Å². The van der Waals surface area contributed by atoms with E-state index < -0.39 is 5.41 Å². The highest BCUT2D eigenvalue weighted by molar-refractivity contribution is 6.25. The van der Waals surface area contributed by atoms with Gasteiger partial charge >= 0.3 is 0 Å². The van der Waals surface area contributed by atoms with Crippen molar-refractivity contribution in [2.24, 2.45) is 11.3 Å². The molecule has 0 fully saturated rings. The molecule has 1 rings (SSSR count). The topological polar surface area (TPSA) is 34.1 Å². The molecule has 2 heteroatoms. The Morgan fingerprint density at radius 3 is 1.85 bits per heavy atom. The molecule has 0 bridgehead atoms. The summed E-state index contributed by atoms with van der Waals surface area (Å²) in [7, 11) is 0. The fraction of sp³-hybridized carbons (Fsp3) is 0.556. The lowest BCUT2D eigenvalue weighted by molar-refractivity contribution is -0.117. The van der Waals surface area contributed by atoms with Crippen LogP contribution in [0.25, 0.3) is 0 Å². The van der Waals surface area contributed by atoms with Crippen molar-refractivity contribution in [3.05, 3.63) is 33.9 Å². The zero-order valence-electron chi connectivity index (χ0n) is 14.0. The van der Waals surface area contributed by atoms with Crippen LogP contribution in [-0.4, -0.2) is 11.6 Å². The van der Waals surface area contributed by atoms with Crippen molar-refractivity contribution in [1.82, 2.24) is 0 Å². The summed E-state index contributed by atoms with van der Waals surface area (Å²) in [5, 5.41) is 0. The van der Waals surface area contributed by atoms with E-state index in [0.717, 1.165) is 0 Å². The summed E-state index contributed by atoms with van der Waals surface area (Å²) in [5.74, 6) is 0.445. The summed E-state index contributed by atoms with van der Waals surface area (Å²) < 4.78 is 0. The first kappa shape index (κ1) is 16.6. The van der Waals surface area contributed by atoms with Crippen LogP contribution in [0.1, 0.15) is 55.4 Å². The second-order valence-corrected chi connectivity index (χ2v) is 6.67. The van der Waals surface area contributed by atoms with E-state index in [1.807, 2.05) is 13.8 Å². The predicted octanol–water partition coefficient (Wildman–Crippen LogP) is 4.42. The van der Waals surface area contributed by atoms with Gasteiger partial charge < -0.3 is 0 Å². The molecule has 2 nitrogen and oxygen atoms in total. The third-order valence-electron chi connectivity index (χ3n) is 4.33. The minimum atomic E-state index is -0.423. The highest BCUT2D eigenvalue weighted by Crippen LogP contribution is 2.38. The predicted molar refractivity (Wildman–Crippen MR) is 83.5 cm³/mol. The maximum atomic E-state index is 12.6. The van der Waals surface area contributed by atoms with Gasteiger partial charge in [0.1, 0.15) is 0 Å². The minimum absolute atomic E-state index is 0.000718. The summed E-state index contributed by atoms with van der Waals surface area (Å²) in [6, 6.07) is 0. The largest absolute Gasteiger partial charge is 0.289 e. The molecule has 0 heterocycles. The molecule has 0 unspecified atom stereocenters. The van der Waals surface area contributed by atoms with Crippen molar-refractivity contribution < 1.29 is 9.59 Å². The lowest BCUT2D eigenvalue weighted by atomic mass is 9.72. The van der Waals surface area contributed by atoms with Crippen molar-refractivity contribution in [2.45, 2.75) is 55.4 Å². The minimum Gasteiger partial charge on any atom is -0.289 e. The van der Waals surface area contributed by atoms with Gasteiger partial charge in [0.15, 0.2) is 11.6 Å². The Morgan fingerprint density at radius 1 is 0.950 bits per heavy atom. The first-order chi connectivity index (χ1) is 9.00. The number of hydrogen-bond donors (Lipinski definition) is 0. The molecule has 0 atom stereocenters. The van der Waals surface area contributed by atoms with Crippen molar-refractivity contribution in [3.63, 3.8) is 0 Å². The Balaban J connectivity index is 3.42. The number of ketones is 2. The third-order valence-corrected chi connectivity index (χ3v) is 4.33. The fourth-order valence-corrected chi connectivity index (χ4v) is 2.68. The first-order valence-corrected chi connectivity index (χ1v) is 7.18. The Labute approximate surface area is 122 Å². The Hall–Kier alpha value is -1.44. The number of hydrogen-bond acceptors (Lipinski definition) is 2. The molecule has 110 valence electrons. The summed E-state index contributed by atoms with van der Waals surface area (Å²) in [6.07, 6.45) is 2.12. The van der Waals surface area contributed by atoms with Gasteiger partial charge in [-0.2, -0.15) is 0 Å². The third kappa shape index (κ3) is 2.84. The summed E-state index contributed by atoms with van der Waals surface area (Å²) in [5.41, 5.74) is 3.21. The fourth-order valence-electron chi connectivity index (χ4n) is 2.68. The van der Waals surface area contributed by atoms with Crippen LogP contribution in [-0.2, 0) is 9.59 Å². The van der Waals surface area contributed by atoms with Crippen LogP contribution in [0.4, 0.5) is 0 Å². The van der Waals surface area contributed by atoms with Gasteiger partial charge in [0.2, 0.25) is 0 Å². The van der Waals surface area contributed by atoms with Gasteiger partial charge in [0.25, 0.3) is 0 Å². The average Bonchev–Trinajstić information content (AvgIpc) is 2.33. The number of allylic oxidation sites excluding steroid dienone is 6. The van der Waals surface area contributed by atoms with E-state index in [1.165, 1.54) is 5.57 Å². The molecule has 0 amide bonds. The monoisotopic (exact) mass is 274 g/mol. The molecule has 0 N–H and O–H groups in total. The Morgan fingerprint density at radius 2 is 1.40 bits per heavy atom. The quantitative estimate of drug-likeness (QED) is 0.564. The van der Waals surface area contributed by atoms with Gasteiger partial charge in [-0.05, 0) is 33.6 Å². The SMILES string of the molecule is CC1=C(C)C(=O)C(C(C)(C)/C=C(\C)C(C)C)=C(C)C1=O. The van der Waals surface area contributed by atoms with E-state index >= 15 is 0 Å². The van der Waals surface area contributed by atoms with E-state index in [1.54, 1.807) is 20.8 Å². The standard InChI is InChI=1S/C18H26O2/c1-10(2)11(3)9-18(7,8)15-14(6)16(19)12(4)13(5)17(15)20/h9-10H,1-8H3/b11-9+. The number of Topliss-reactive ketones (excluding diaryl/α,β-unsaturated/α-hetero) is 2. The molecule has 1 aliphatic carbocycles. The summed E-state index contributed by atoms with van der Waals surface area (Å²) in [6.45, 7) is 15.6. The van der Waals surface area contributed by atoms with E-state index in [4.69, 9.17) is 0 Å². The highest BCUT2D eigenvalue weighted by Gasteiger charge is 2.36. The molecule has 0 saturated carbocycles. The van der Waals surface area contributed by atoms with Crippen LogP contribution in [0.2, 0.25) is 0 Å². The van der Waals surface area contributed by atoms with Crippen LogP contribution in [0.5, 0.6) is 0 Å². The van der Waals surface area contributed by atoms with Crippen molar-refractivity contribution >= 4 is 11.6 Å². The van der Waals surface area contributed by atoms with Crippen molar-refractivity contribution in [1.29, 1.82) is 0 Å². The maximum Gasteiger partial charge on any atom is 0.186 e. The molecule has 0 aromatic rings. The second-order valence-electron chi connectivity index (χ2n) is 6.67. The van der Waals surface area contributed by atoms with Gasteiger partial charge in [-0.15, -0.1) is 0 Å². The summed E-state index contributed by atoms with van der Waals surface area (Å²) >= 11 is 0. The molecule has 20 heavy (non-hydrogen) atoms. The molecular formula is C18H26O2. The van der Waals surface area contributed by atoms with Crippen molar-refractivity contribution in [3.8, 4) is 0 Å². The molecule has 0 radical (unpaired) electrons. The van der Waals surface area contributed by atoms with Crippen LogP contribution in [0, 0.1) is 11.3 Å². The first-order valence-electron chi connectivity index (χ1n) is 7.18. The van der Waals surface area contributed by atoms with Crippen LogP contribution in [0.3, 0.4) is 0 Å². The lowest BCUT2D eigenvalue weighted by Gasteiger charge is -2.30. The molecular weight excluding hydrogens is 248 g/mol. The molecule has 0 aromatic carbocycles. The van der Waals surface area contributed by atoms with Crippen LogP contribution in [0.15, 0.2) is 33.9 Å². The second kappa shape index (κ2) is 5.51. The number of carbonyl (C=O) groups is 2. The van der Waals surface area contributed by atoms with E-state index in [2.05, 4.69) is 26.8 Å².